The fraction of sp³-hybridized carbons (Fsp3) is 0.396. The fourth-order valence-corrected chi connectivity index (χ4v) is 10.5. The zero-order valence-electron chi connectivity index (χ0n) is 37.9. The summed E-state index contributed by atoms with van der Waals surface area (Å²) in [7, 11) is 0. The Kier molecular flexibility index (Phi) is 12.8. The number of imidazole rings is 2. The van der Waals surface area contributed by atoms with Gasteiger partial charge in [-0.25, -0.2) is 18.7 Å². The molecule has 0 radical (unpaired) electrons. The van der Waals surface area contributed by atoms with E-state index < -0.39 is 31.0 Å². The van der Waals surface area contributed by atoms with Gasteiger partial charge in [0.1, 0.15) is 23.7 Å². The van der Waals surface area contributed by atoms with Gasteiger partial charge in [-0.15, -0.1) is 0 Å². The zero-order chi connectivity index (χ0) is 45.2. The number of H-pyrrole nitrogens is 2. The van der Waals surface area contributed by atoms with Crippen LogP contribution in [0, 0.1) is 0 Å². The number of aromatic nitrogens is 4. The van der Waals surface area contributed by atoms with Gasteiger partial charge < -0.3 is 19.8 Å². The van der Waals surface area contributed by atoms with Crippen molar-refractivity contribution in [2.24, 2.45) is 0 Å². The summed E-state index contributed by atoms with van der Waals surface area (Å²) in [5.41, 5.74) is 10.0. The lowest BCUT2D eigenvalue weighted by atomic mass is 9.95. The van der Waals surface area contributed by atoms with E-state index in [0.29, 0.717) is 31.2 Å². The summed E-state index contributed by atoms with van der Waals surface area (Å²) in [6.07, 6.45) is 5.79. The number of nitrogens with zero attached hydrogens (tertiary/aromatic N) is 6. The third-order valence-corrected chi connectivity index (χ3v) is 13.9. The minimum absolute atomic E-state index is 0.103. The predicted octanol–water partition coefficient (Wildman–Crippen LogP) is 10.4. The van der Waals surface area contributed by atoms with Crippen molar-refractivity contribution in [3.05, 3.63) is 143 Å². The van der Waals surface area contributed by atoms with Crippen molar-refractivity contribution in [1.82, 2.24) is 39.5 Å². The van der Waals surface area contributed by atoms with Gasteiger partial charge in [0.05, 0.1) is 36.2 Å². The molecule has 10 nitrogen and oxygen atoms in total. The van der Waals surface area contributed by atoms with E-state index in [0.717, 1.165) is 95.8 Å². The molecule has 338 valence electrons. The van der Waals surface area contributed by atoms with Gasteiger partial charge in [0.2, 0.25) is 11.8 Å². The first-order chi connectivity index (χ1) is 31.6. The quantitative estimate of drug-likeness (QED) is 0.113. The molecule has 65 heavy (non-hydrogen) atoms. The van der Waals surface area contributed by atoms with E-state index in [1.54, 1.807) is 6.20 Å². The van der Waals surface area contributed by atoms with E-state index in [9.17, 15) is 9.59 Å². The number of aryl methyl sites for hydroxylation is 2. The molecule has 0 saturated carbocycles. The molecule has 2 fully saturated rings. The lowest BCUT2D eigenvalue weighted by Gasteiger charge is -2.34. The van der Waals surface area contributed by atoms with Crippen molar-refractivity contribution in [1.29, 1.82) is 0 Å². The van der Waals surface area contributed by atoms with Crippen LogP contribution < -0.4 is 0 Å². The summed E-state index contributed by atoms with van der Waals surface area (Å²) in [4.78, 5) is 53.3. The van der Waals surface area contributed by atoms with Gasteiger partial charge in [-0.05, 0) is 91.7 Å². The summed E-state index contributed by atoms with van der Waals surface area (Å²) in [6, 6.07) is 32.4. The summed E-state index contributed by atoms with van der Waals surface area (Å²) < 4.78 is 30.4. The Labute approximate surface area is 381 Å². The Bertz CT molecular complexity index is 2590. The van der Waals surface area contributed by atoms with Gasteiger partial charge in [-0.1, -0.05) is 131 Å². The van der Waals surface area contributed by atoms with Gasteiger partial charge in [-0.2, -0.15) is 0 Å². The van der Waals surface area contributed by atoms with Crippen LogP contribution in [0.5, 0.6) is 0 Å². The molecule has 2 saturated heterocycles. The lowest BCUT2D eigenvalue weighted by Crippen LogP contribution is -2.43. The number of carbonyl (C=O) groups excluding carboxylic acids is 2. The van der Waals surface area contributed by atoms with Crippen molar-refractivity contribution in [2.75, 3.05) is 39.3 Å². The van der Waals surface area contributed by atoms with Crippen molar-refractivity contribution < 1.29 is 18.4 Å². The molecule has 0 bridgehead atoms. The van der Waals surface area contributed by atoms with Gasteiger partial charge in [0, 0.05) is 24.2 Å². The Balaban J connectivity index is 0.929. The molecular formula is C53H60F2N8O2. The number of hydrogen-bond acceptors (Lipinski definition) is 6. The minimum atomic E-state index is -3.04. The number of carbonyl (C=O) groups is 2. The largest absolute Gasteiger partial charge is 0.344 e. The van der Waals surface area contributed by atoms with Crippen molar-refractivity contribution in [3.63, 3.8) is 0 Å². The standard InChI is InChI=1S/C53H60F2N8O2/c1-5-60(6-2)47(37-17-11-9-12-18-37)51(64)62-30-16-23-44(62)50-57-42-22-15-21-40-31-39(28-29-41(40)46(42)59-50)35-24-26-36(27-25-35)43-33-56-49(58-43)45-32-53(54,55)34-63(45)52(65)48(61(7-3)8-4)38-19-13-10-14-20-38/h9-14,17-20,24-29,31,33,44-45,47-48H,5-8,15-16,21-23,30,32,34H2,1-4H3,(H,56,58)(H,57,59)/t44-,45+,47-,48-/m1/s1. The molecule has 2 N–H and O–H groups in total. The van der Waals surface area contributed by atoms with Crippen LogP contribution >= 0.6 is 0 Å². The minimum Gasteiger partial charge on any atom is -0.344 e. The molecule has 2 aliphatic heterocycles. The van der Waals surface area contributed by atoms with Crippen LogP contribution in [0.2, 0.25) is 0 Å². The van der Waals surface area contributed by atoms with Gasteiger partial charge in [0.15, 0.2) is 0 Å². The normalized spacial score (nSPS) is 19.0. The number of amides is 2. The van der Waals surface area contributed by atoms with Crippen molar-refractivity contribution >= 4 is 11.8 Å². The molecule has 9 rings (SSSR count). The Morgan fingerprint density at radius 2 is 1.31 bits per heavy atom. The van der Waals surface area contributed by atoms with Crippen LogP contribution in [-0.4, -0.2) is 96.5 Å². The summed E-state index contributed by atoms with van der Waals surface area (Å²) in [5, 5.41) is 0. The molecule has 0 spiro atoms. The fourth-order valence-electron chi connectivity index (χ4n) is 10.5. The van der Waals surface area contributed by atoms with Crippen molar-refractivity contribution in [2.45, 2.75) is 96.3 Å². The average molecular weight is 879 g/mol. The topological polar surface area (TPSA) is 104 Å². The van der Waals surface area contributed by atoms with Crippen LogP contribution in [0.15, 0.2) is 109 Å². The average Bonchev–Trinajstić information content (AvgIpc) is 4.15. The molecule has 2 aromatic heterocycles. The van der Waals surface area contributed by atoms with E-state index in [2.05, 4.69) is 81.1 Å². The first-order valence-electron chi connectivity index (χ1n) is 23.6. The van der Waals surface area contributed by atoms with E-state index in [-0.39, 0.29) is 23.9 Å². The summed E-state index contributed by atoms with van der Waals surface area (Å²) >= 11 is 0. The van der Waals surface area contributed by atoms with Crippen molar-refractivity contribution in [3.8, 4) is 33.6 Å². The Morgan fingerprint density at radius 1 is 0.708 bits per heavy atom. The van der Waals surface area contributed by atoms with Crippen LogP contribution in [0.3, 0.4) is 0 Å². The zero-order valence-corrected chi connectivity index (χ0v) is 37.9. The number of halogens is 2. The number of fused-ring (bicyclic) bond motifs is 3. The number of rotatable bonds is 14. The van der Waals surface area contributed by atoms with Crippen LogP contribution in [0.1, 0.15) is 112 Å². The van der Waals surface area contributed by atoms with E-state index >= 15 is 8.78 Å². The molecule has 6 aromatic rings. The summed E-state index contributed by atoms with van der Waals surface area (Å²) in [5.74, 6) is -2.01. The molecule has 0 unspecified atom stereocenters. The highest BCUT2D eigenvalue weighted by atomic mass is 19.3. The number of nitrogens with one attached hydrogen (secondary N) is 2. The molecule has 2 amide bonds. The molecule has 4 aromatic carbocycles. The number of alkyl halides is 2. The highest BCUT2D eigenvalue weighted by Crippen LogP contribution is 2.43. The van der Waals surface area contributed by atoms with Crippen LogP contribution in [0.25, 0.3) is 33.6 Å². The number of aromatic amines is 2. The van der Waals surface area contributed by atoms with Crippen LogP contribution in [0.4, 0.5) is 8.78 Å². The second-order valence-corrected chi connectivity index (χ2v) is 17.7. The first kappa shape index (κ1) is 44.2. The maximum Gasteiger partial charge on any atom is 0.267 e. The van der Waals surface area contributed by atoms with E-state index in [4.69, 9.17) is 4.98 Å². The first-order valence-corrected chi connectivity index (χ1v) is 23.6. The van der Waals surface area contributed by atoms with Crippen LogP contribution in [-0.2, 0) is 22.4 Å². The third-order valence-electron chi connectivity index (χ3n) is 13.9. The molecule has 3 aliphatic rings. The number of likely N-dealkylation sites (tertiary alicyclic amines) is 2. The predicted molar refractivity (Wildman–Crippen MR) is 251 cm³/mol. The lowest BCUT2D eigenvalue weighted by molar-refractivity contribution is -0.140. The Morgan fingerprint density at radius 3 is 1.94 bits per heavy atom. The molecule has 12 heteroatoms. The monoisotopic (exact) mass is 878 g/mol. The highest BCUT2D eigenvalue weighted by Gasteiger charge is 2.50. The third kappa shape index (κ3) is 8.78. The number of benzene rings is 4. The van der Waals surface area contributed by atoms with Gasteiger partial charge in [-0.3, -0.25) is 19.4 Å². The molecule has 4 atom stereocenters. The van der Waals surface area contributed by atoms with Gasteiger partial charge in [0.25, 0.3) is 5.92 Å². The molecule has 1 aliphatic carbocycles. The maximum atomic E-state index is 15.2. The van der Waals surface area contributed by atoms with E-state index in [1.807, 2.05) is 79.4 Å². The molecule has 4 heterocycles. The Hall–Kier alpha value is -5.98. The second kappa shape index (κ2) is 18.9. The second-order valence-electron chi connectivity index (χ2n) is 17.7. The number of hydrogen-bond donors (Lipinski definition) is 2. The van der Waals surface area contributed by atoms with Gasteiger partial charge >= 0.3 is 0 Å². The summed E-state index contributed by atoms with van der Waals surface area (Å²) in [6.45, 7) is 11.0. The SMILES string of the molecule is CCN(CC)[C@@H](C(=O)N1CCC[C@@H]1c1nc2c([nH]1)CCCc1cc(-c3ccc(-c4cnc([C@@H]5CC(F)(F)CN5C(=O)[C@@H](c5ccccc5)N(CC)CC)[nH]4)cc3)ccc1-2)c1ccccc1. The maximum absolute atomic E-state index is 15.2. The number of likely N-dealkylation sites (N-methyl/N-ethyl adjacent to an activating group) is 2. The molecular weight excluding hydrogens is 819 g/mol. The highest BCUT2D eigenvalue weighted by molar-refractivity contribution is 5.85. The smallest absolute Gasteiger partial charge is 0.267 e. The van der Waals surface area contributed by atoms with E-state index in [1.165, 1.54) is 10.5 Å².